The first-order chi connectivity index (χ1) is 7.90. The first-order valence-corrected chi connectivity index (χ1v) is 6.57. The summed E-state index contributed by atoms with van der Waals surface area (Å²) >= 11 is 1.68. The summed E-state index contributed by atoms with van der Waals surface area (Å²) in [6.07, 6.45) is 3.46. The Labute approximate surface area is 99.4 Å². The molecule has 1 heterocycles. The Morgan fingerprint density at radius 2 is 2.06 bits per heavy atom. The van der Waals surface area contributed by atoms with Crippen LogP contribution in [0.15, 0.2) is 33.9 Å². The molecule has 0 bridgehead atoms. The molecule has 3 nitrogen and oxygen atoms in total. The van der Waals surface area contributed by atoms with Crippen molar-refractivity contribution in [2.24, 2.45) is 5.73 Å². The van der Waals surface area contributed by atoms with Crippen molar-refractivity contribution >= 4 is 22.9 Å². The highest BCUT2D eigenvalue weighted by Gasteiger charge is 2.04. The molecule has 0 aliphatic heterocycles. The standard InChI is InChI=1S/C12H16N2OS/c13-8-4-1-5-9-16-12-14-10-6-2-3-7-11(10)15-12/h2-3,6-7H,1,4-5,8-9,13H2. The summed E-state index contributed by atoms with van der Waals surface area (Å²) in [5, 5.41) is 0.772. The molecule has 2 rings (SSSR count). The highest BCUT2D eigenvalue weighted by atomic mass is 32.2. The quantitative estimate of drug-likeness (QED) is 0.618. The van der Waals surface area contributed by atoms with Gasteiger partial charge in [0.15, 0.2) is 5.58 Å². The molecule has 0 amide bonds. The molecule has 4 heteroatoms. The first-order valence-electron chi connectivity index (χ1n) is 5.58. The van der Waals surface area contributed by atoms with Crippen LogP contribution in [0.1, 0.15) is 19.3 Å². The van der Waals surface area contributed by atoms with Crippen molar-refractivity contribution in [2.45, 2.75) is 24.5 Å². The van der Waals surface area contributed by atoms with Crippen LogP contribution in [0, 0.1) is 0 Å². The van der Waals surface area contributed by atoms with E-state index in [1.54, 1.807) is 11.8 Å². The fourth-order valence-electron chi connectivity index (χ4n) is 1.50. The van der Waals surface area contributed by atoms with E-state index in [-0.39, 0.29) is 0 Å². The zero-order chi connectivity index (χ0) is 11.2. The SMILES string of the molecule is NCCCCCSc1nc2ccccc2o1. The summed E-state index contributed by atoms with van der Waals surface area (Å²) in [7, 11) is 0. The van der Waals surface area contributed by atoms with Crippen LogP contribution in [0.5, 0.6) is 0 Å². The molecular weight excluding hydrogens is 220 g/mol. The number of aromatic nitrogens is 1. The summed E-state index contributed by atoms with van der Waals surface area (Å²) in [6.45, 7) is 0.785. The van der Waals surface area contributed by atoms with Gasteiger partial charge in [0.05, 0.1) is 0 Å². The van der Waals surface area contributed by atoms with Crippen LogP contribution >= 0.6 is 11.8 Å². The molecule has 0 aliphatic rings. The van der Waals surface area contributed by atoms with E-state index < -0.39 is 0 Å². The second kappa shape index (κ2) is 5.92. The van der Waals surface area contributed by atoms with E-state index in [4.69, 9.17) is 10.2 Å². The van der Waals surface area contributed by atoms with Crippen molar-refractivity contribution in [2.75, 3.05) is 12.3 Å². The minimum atomic E-state index is 0.772. The van der Waals surface area contributed by atoms with Crippen molar-refractivity contribution in [1.29, 1.82) is 0 Å². The number of nitrogens with two attached hydrogens (primary N) is 1. The molecule has 16 heavy (non-hydrogen) atoms. The third-order valence-corrected chi connectivity index (χ3v) is 3.26. The fraction of sp³-hybridized carbons (Fsp3) is 0.417. The number of rotatable bonds is 6. The van der Waals surface area contributed by atoms with Gasteiger partial charge in [-0.05, 0) is 31.5 Å². The Kier molecular flexibility index (Phi) is 4.25. The van der Waals surface area contributed by atoms with E-state index in [0.29, 0.717) is 0 Å². The Bertz CT molecular complexity index is 408. The Balaban J connectivity index is 1.85. The van der Waals surface area contributed by atoms with Gasteiger partial charge in [0.2, 0.25) is 0 Å². The van der Waals surface area contributed by atoms with Gasteiger partial charge in [0, 0.05) is 5.75 Å². The van der Waals surface area contributed by atoms with Crippen LogP contribution in [0.25, 0.3) is 11.1 Å². The zero-order valence-electron chi connectivity index (χ0n) is 9.19. The number of para-hydroxylation sites is 2. The Morgan fingerprint density at radius 3 is 2.88 bits per heavy atom. The van der Waals surface area contributed by atoms with Gasteiger partial charge in [-0.1, -0.05) is 30.3 Å². The van der Waals surface area contributed by atoms with Crippen molar-refractivity contribution in [3.63, 3.8) is 0 Å². The molecule has 0 saturated heterocycles. The monoisotopic (exact) mass is 236 g/mol. The van der Waals surface area contributed by atoms with E-state index in [1.807, 2.05) is 24.3 Å². The normalized spacial score (nSPS) is 11.1. The predicted molar refractivity (Wildman–Crippen MR) is 67.6 cm³/mol. The number of hydrogen-bond donors (Lipinski definition) is 1. The van der Waals surface area contributed by atoms with Gasteiger partial charge in [0.1, 0.15) is 5.52 Å². The zero-order valence-corrected chi connectivity index (χ0v) is 10.0. The third-order valence-electron chi connectivity index (χ3n) is 2.35. The summed E-state index contributed by atoms with van der Waals surface area (Å²) in [4.78, 5) is 4.40. The molecule has 2 aromatic rings. The molecule has 0 unspecified atom stereocenters. The van der Waals surface area contributed by atoms with Crippen LogP contribution in [0.2, 0.25) is 0 Å². The van der Waals surface area contributed by atoms with Gasteiger partial charge >= 0.3 is 0 Å². The van der Waals surface area contributed by atoms with Gasteiger partial charge in [-0.3, -0.25) is 0 Å². The number of nitrogens with zero attached hydrogens (tertiary/aromatic N) is 1. The van der Waals surface area contributed by atoms with Gasteiger partial charge < -0.3 is 10.2 Å². The maximum absolute atomic E-state index is 5.60. The molecule has 86 valence electrons. The second-order valence-electron chi connectivity index (χ2n) is 3.65. The van der Waals surface area contributed by atoms with E-state index >= 15 is 0 Å². The lowest BCUT2D eigenvalue weighted by atomic mass is 10.2. The van der Waals surface area contributed by atoms with Crippen molar-refractivity contribution in [1.82, 2.24) is 4.98 Å². The molecule has 0 spiro atoms. The highest BCUT2D eigenvalue weighted by Crippen LogP contribution is 2.23. The van der Waals surface area contributed by atoms with Crippen LogP contribution < -0.4 is 5.73 Å². The molecule has 0 fully saturated rings. The summed E-state index contributed by atoms with van der Waals surface area (Å²) in [6, 6.07) is 7.85. The maximum atomic E-state index is 5.60. The molecule has 1 aromatic heterocycles. The predicted octanol–water partition coefficient (Wildman–Crippen LogP) is 3.05. The molecular formula is C12H16N2OS. The van der Waals surface area contributed by atoms with Gasteiger partial charge in [-0.25, -0.2) is 4.98 Å². The van der Waals surface area contributed by atoms with Crippen molar-refractivity contribution in [3.8, 4) is 0 Å². The highest BCUT2D eigenvalue weighted by molar-refractivity contribution is 7.99. The molecule has 1 aromatic carbocycles. The third kappa shape index (κ3) is 3.00. The molecule has 0 saturated carbocycles. The number of hydrogen-bond acceptors (Lipinski definition) is 4. The Hall–Kier alpha value is -1.00. The summed E-state index contributed by atoms with van der Waals surface area (Å²) in [5.74, 6) is 1.05. The van der Waals surface area contributed by atoms with Crippen molar-refractivity contribution < 1.29 is 4.42 Å². The van der Waals surface area contributed by atoms with Crippen LogP contribution in [0.4, 0.5) is 0 Å². The molecule has 2 N–H and O–H groups in total. The average molecular weight is 236 g/mol. The van der Waals surface area contributed by atoms with Gasteiger partial charge in [-0.2, -0.15) is 0 Å². The Morgan fingerprint density at radius 1 is 1.19 bits per heavy atom. The molecule has 0 radical (unpaired) electrons. The largest absolute Gasteiger partial charge is 0.431 e. The first kappa shape index (κ1) is 11.5. The number of thioether (sulfide) groups is 1. The number of fused-ring (bicyclic) bond motifs is 1. The van der Waals surface area contributed by atoms with Crippen LogP contribution in [0.3, 0.4) is 0 Å². The van der Waals surface area contributed by atoms with Crippen LogP contribution in [-0.4, -0.2) is 17.3 Å². The smallest absolute Gasteiger partial charge is 0.256 e. The lowest BCUT2D eigenvalue weighted by molar-refractivity contribution is 0.489. The summed E-state index contributed by atoms with van der Waals surface area (Å²) < 4.78 is 5.60. The molecule has 0 atom stereocenters. The lowest BCUT2D eigenvalue weighted by Gasteiger charge is -1.96. The topological polar surface area (TPSA) is 52.0 Å². The van der Waals surface area contributed by atoms with E-state index in [2.05, 4.69) is 4.98 Å². The minimum Gasteiger partial charge on any atom is -0.431 e. The summed E-state index contributed by atoms with van der Waals surface area (Å²) in [5.41, 5.74) is 7.24. The van der Waals surface area contributed by atoms with E-state index in [0.717, 1.165) is 35.0 Å². The number of oxazole rings is 1. The number of unbranched alkanes of at least 4 members (excludes halogenated alkanes) is 2. The minimum absolute atomic E-state index is 0.772. The maximum Gasteiger partial charge on any atom is 0.256 e. The average Bonchev–Trinajstić information content (AvgIpc) is 2.71. The van der Waals surface area contributed by atoms with Crippen molar-refractivity contribution in [3.05, 3.63) is 24.3 Å². The lowest BCUT2D eigenvalue weighted by Crippen LogP contribution is -1.97. The van der Waals surface area contributed by atoms with E-state index in [1.165, 1.54) is 12.8 Å². The van der Waals surface area contributed by atoms with Gasteiger partial charge in [0.25, 0.3) is 5.22 Å². The van der Waals surface area contributed by atoms with E-state index in [9.17, 15) is 0 Å². The molecule has 0 aliphatic carbocycles. The van der Waals surface area contributed by atoms with Crippen LogP contribution in [-0.2, 0) is 0 Å². The fourth-order valence-corrected chi connectivity index (χ4v) is 2.33. The number of benzene rings is 1. The van der Waals surface area contributed by atoms with Gasteiger partial charge in [-0.15, -0.1) is 0 Å². The second-order valence-corrected chi connectivity index (χ2v) is 4.69.